The second-order valence-corrected chi connectivity index (χ2v) is 13.7. The second-order valence-electron chi connectivity index (χ2n) is 12.5. The van der Waals surface area contributed by atoms with Gasteiger partial charge in [-0.25, -0.2) is 0 Å². The van der Waals surface area contributed by atoms with Gasteiger partial charge in [-0.05, 0) is 48.0 Å². The lowest BCUT2D eigenvalue weighted by Crippen LogP contribution is -2.60. The Morgan fingerprint density at radius 1 is 0.915 bits per heavy atom. The monoisotopic (exact) mass is 674 g/mol. The maximum atomic E-state index is 14.2. The molecule has 3 aromatic carbocycles. The molecule has 2 heterocycles. The van der Waals surface area contributed by atoms with Crippen LogP contribution in [0.5, 0.6) is 11.5 Å². The number of alkyl halides is 2. The number of ether oxygens (including phenoxy) is 1. The number of rotatable bonds is 6. The summed E-state index contributed by atoms with van der Waals surface area (Å²) in [5.41, 5.74) is 1.95. The van der Waals surface area contributed by atoms with Gasteiger partial charge in [0.2, 0.25) is 11.8 Å². The van der Waals surface area contributed by atoms with Gasteiger partial charge in [0.15, 0.2) is 9.75 Å². The SMILES string of the molecule is CN1C(=O)[C@]2(Cl)C[C@@H]3C(=CC[C@@H]4C(=O)N(c5cccc(B(O)O)c5)C(=O)[C@@H]43)[C@H](c3ccc(OCc4ccccc4)cc3O)[C@]2(Cl)C1=O. The van der Waals surface area contributed by atoms with Crippen molar-refractivity contribution in [3.8, 4) is 11.5 Å². The number of carbonyl (C=O) groups is 4. The predicted molar refractivity (Wildman–Crippen MR) is 173 cm³/mol. The van der Waals surface area contributed by atoms with Crippen LogP contribution in [0.25, 0.3) is 0 Å². The molecule has 10 nitrogen and oxygen atoms in total. The van der Waals surface area contributed by atoms with Gasteiger partial charge in [-0.3, -0.25) is 29.0 Å². The van der Waals surface area contributed by atoms with Crippen LogP contribution in [0, 0.1) is 17.8 Å². The Labute approximate surface area is 280 Å². The van der Waals surface area contributed by atoms with Crippen LogP contribution in [0.3, 0.4) is 0 Å². The molecule has 3 fully saturated rings. The fourth-order valence-corrected chi connectivity index (χ4v) is 8.78. The third kappa shape index (κ3) is 4.55. The molecule has 2 saturated heterocycles. The molecule has 0 bridgehead atoms. The molecule has 240 valence electrons. The lowest BCUT2D eigenvalue weighted by atomic mass is 9.56. The predicted octanol–water partition coefficient (Wildman–Crippen LogP) is 2.84. The molecule has 1 saturated carbocycles. The maximum Gasteiger partial charge on any atom is 0.488 e. The Balaban J connectivity index is 1.30. The molecule has 0 spiro atoms. The summed E-state index contributed by atoms with van der Waals surface area (Å²) in [5, 5.41) is 30.8. The Morgan fingerprint density at radius 2 is 1.66 bits per heavy atom. The smallest absolute Gasteiger partial charge is 0.488 e. The number of halogens is 2. The van der Waals surface area contributed by atoms with Crippen molar-refractivity contribution in [2.45, 2.75) is 35.1 Å². The van der Waals surface area contributed by atoms with Gasteiger partial charge in [0.05, 0.1) is 17.5 Å². The number of allylic oxidation sites excluding steroid dienone is 2. The summed E-state index contributed by atoms with van der Waals surface area (Å²) in [6.45, 7) is 0.244. The molecule has 0 unspecified atom stereocenters. The van der Waals surface area contributed by atoms with E-state index in [2.05, 4.69) is 0 Å². The maximum absolute atomic E-state index is 14.2. The number of carbonyl (C=O) groups excluding carboxylic acids is 4. The summed E-state index contributed by atoms with van der Waals surface area (Å²) in [4.78, 5) is 53.3. The summed E-state index contributed by atoms with van der Waals surface area (Å²) in [6, 6.07) is 19.9. The minimum absolute atomic E-state index is 0.103. The minimum Gasteiger partial charge on any atom is -0.508 e. The molecular weight excluding hydrogens is 646 g/mol. The zero-order chi connectivity index (χ0) is 33.4. The molecule has 0 radical (unpaired) electrons. The molecule has 6 atom stereocenters. The molecule has 4 aliphatic rings. The number of imide groups is 2. The highest BCUT2D eigenvalue weighted by atomic mass is 35.5. The number of anilines is 1. The first-order valence-electron chi connectivity index (χ1n) is 15.1. The van der Waals surface area contributed by atoms with E-state index in [9.17, 15) is 34.3 Å². The van der Waals surface area contributed by atoms with Gasteiger partial charge in [-0.15, -0.1) is 23.2 Å². The van der Waals surface area contributed by atoms with E-state index >= 15 is 0 Å². The fourth-order valence-electron chi connectivity index (χ4n) is 7.77. The topological polar surface area (TPSA) is 145 Å². The number of likely N-dealkylation sites (tertiary alicyclic amines) is 1. The number of nitrogens with zero attached hydrogens (tertiary/aromatic N) is 2. The van der Waals surface area contributed by atoms with Crippen molar-refractivity contribution in [3.63, 3.8) is 0 Å². The molecule has 0 aromatic heterocycles. The van der Waals surface area contributed by atoms with E-state index in [0.29, 0.717) is 11.3 Å². The third-order valence-electron chi connectivity index (χ3n) is 10.0. The normalized spacial score (nSPS) is 29.8. The lowest BCUT2D eigenvalue weighted by molar-refractivity contribution is -0.138. The van der Waals surface area contributed by atoms with Crippen LogP contribution in [0.1, 0.15) is 29.9 Å². The standard InChI is InChI=1S/C34H29BCl2N2O8/c1-38-31(43)33(36)16-25-22(12-13-24-27(25)30(42)39(29(24)41)20-9-5-8-19(14-20)35(45)46)28(34(33,37)32(38)44)23-11-10-21(15-26(23)40)47-17-18-6-3-2-4-7-18/h2-12,14-15,24-25,27-28,40,45-46H,13,16-17H2,1H3/t24-,25+,27-,28+,33+,34-/m0/s1. The van der Waals surface area contributed by atoms with E-state index in [1.54, 1.807) is 18.2 Å². The summed E-state index contributed by atoms with van der Waals surface area (Å²) in [7, 11) is -0.513. The Kier molecular flexibility index (Phi) is 7.51. The van der Waals surface area contributed by atoms with Gasteiger partial charge in [0, 0.05) is 24.6 Å². The highest BCUT2D eigenvalue weighted by molar-refractivity contribution is 6.58. The van der Waals surface area contributed by atoms with Crippen LogP contribution in [-0.2, 0) is 25.8 Å². The average molecular weight is 675 g/mol. The first-order valence-corrected chi connectivity index (χ1v) is 15.9. The number of aromatic hydroxyl groups is 1. The summed E-state index contributed by atoms with van der Waals surface area (Å²) >= 11 is 14.4. The number of phenols is 1. The Bertz CT molecular complexity index is 1870. The number of benzene rings is 3. The van der Waals surface area contributed by atoms with Crippen LogP contribution in [0.4, 0.5) is 5.69 Å². The first-order chi connectivity index (χ1) is 22.4. The van der Waals surface area contributed by atoms with Crippen molar-refractivity contribution < 1.29 is 39.1 Å². The molecule has 3 aromatic rings. The van der Waals surface area contributed by atoms with Crippen LogP contribution in [-0.4, -0.2) is 67.6 Å². The highest BCUT2D eigenvalue weighted by Gasteiger charge is 2.76. The number of hydrogen-bond donors (Lipinski definition) is 3. The van der Waals surface area contributed by atoms with Crippen molar-refractivity contribution in [3.05, 3.63) is 95.6 Å². The zero-order valence-corrected chi connectivity index (χ0v) is 26.6. The van der Waals surface area contributed by atoms with E-state index in [1.807, 2.05) is 30.3 Å². The molecule has 3 N–H and O–H groups in total. The van der Waals surface area contributed by atoms with Crippen molar-refractivity contribution in [2.24, 2.45) is 17.8 Å². The molecule has 13 heteroatoms. The van der Waals surface area contributed by atoms with Crippen molar-refractivity contribution in [2.75, 3.05) is 11.9 Å². The summed E-state index contributed by atoms with van der Waals surface area (Å²) in [6.07, 6.45) is 1.71. The van der Waals surface area contributed by atoms with Crippen LogP contribution < -0.4 is 15.1 Å². The third-order valence-corrected chi connectivity index (χ3v) is 11.4. The quantitative estimate of drug-likeness (QED) is 0.157. The average Bonchev–Trinajstić information content (AvgIpc) is 3.39. The Morgan fingerprint density at radius 3 is 2.36 bits per heavy atom. The highest BCUT2D eigenvalue weighted by Crippen LogP contribution is 2.66. The molecule has 47 heavy (non-hydrogen) atoms. The van der Waals surface area contributed by atoms with E-state index in [-0.39, 0.29) is 41.9 Å². The Hall–Kier alpha value is -4.16. The minimum atomic E-state index is -2.05. The zero-order valence-electron chi connectivity index (χ0n) is 25.0. The van der Waals surface area contributed by atoms with E-state index < -0.39 is 64.2 Å². The van der Waals surface area contributed by atoms with Gasteiger partial charge in [-0.1, -0.05) is 60.2 Å². The molecular formula is C34H29BCl2N2O8. The van der Waals surface area contributed by atoms with Crippen molar-refractivity contribution >= 4 is 65.1 Å². The molecule has 7 rings (SSSR count). The fraction of sp³-hybridized carbons (Fsp3) is 0.294. The number of hydrogen-bond acceptors (Lipinski definition) is 8. The van der Waals surface area contributed by atoms with E-state index in [1.165, 1.54) is 37.4 Å². The summed E-state index contributed by atoms with van der Waals surface area (Å²) in [5.74, 6) is -6.03. The van der Waals surface area contributed by atoms with Crippen LogP contribution in [0.15, 0.2) is 84.4 Å². The molecule has 4 amide bonds. The molecule has 2 aliphatic carbocycles. The molecule has 2 aliphatic heterocycles. The number of amides is 4. The number of phenolic OH excluding ortho intramolecular Hbond substituents is 1. The van der Waals surface area contributed by atoms with E-state index in [4.69, 9.17) is 27.9 Å². The van der Waals surface area contributed by atoms with Gasteiger partial charge >= 0.3 is 7.12 Å². The van der Waals surface area contributed by atoms with Crippen molar-refractivity contribution in [1.82, 2.24) is 4.90 Å². The van der Waals surface area contributed by atoms with Crippen LogP contribution >= 0.6 is 23.2 Å². The largest absolute Gasteiger partial charge is 0.508 e. The lowest BCUT2D eigenvalue weighted by Gasteiger charge is -2.50. The van der Waals surface area contributed by atoms with Gasteiger partial charge in [-0.2, -0.15) is 0 Å². The van der Waals surface area contributed by atoms with E-state index in [0.717, 1.165) is 15.4 Å². The van der Waals surface area contributed by atoms with Gasteiger partial charge < -0.3 is 19.9 Å². The number of fused-ring (bicyclic) bond motifs is 4. The van der Waals surface area contributed by atoms with Gasteiger partial charge in [0.25, 0.3) is 11.8 Å². The van der Waals surface area contributed by atoms with Gasteiger partial charge in [0.1, 0.15) is 18.1 Å². The van der Waals surface area contributed by atoms with Crippen LogP contribution in [0.2, 0.25) is 0 Å². The van der Waals surface area contributed by atoms with Crippen molar-refractivity contribution in [1.29, 1.82) is 0 Å². The summed E-state index contributed by atoms with van der Waals surface area (Å²) < 4.78 is 5.89. The second kappa shape index (κ2) is 11.2. The first kappa shape index (κ1) is 31.4.